The molecular weight excluding hydrogens is 442 g/mol. The van der Waals surface area contributed by atoms with Gasteiger partial charge in [0.05, 0.1) is 25.4 Å². The minimum atomic E-state index is -3.15. The van der Waals surface area contributed by atoms with Gasteiger partial charge in [0.1, 0.15) is 42.7 Å². The van der Waals surface area contributed by atoms with E-state index in [0.29, 0.717) is 0 Å². The van der Waals surface area contributed by atoms with E-state index < -0.39 is 97.8 Å². The number of hydrogen-bond donors (Lipinski definition) is 11. The first kappa shape index (κ1) is 28.2. The smallest absolute Gasteiger partial charge is 0.344 e. The average molecular weight is 471 g/mol. The summed E-state index contributed by atoms with van der Waals surface area (Å²) >= 11 is 0. The van der Waals surface area contributed by atoms with Crippen LogP contribution in [-0.4, -0.2) is 142 Å². The number of Topliss-reactive ketones (excluding diaryl/α,β-unsaturated/α-hetero) is 1. The fourth-order valence-electron chi connectivity index (χ4n) is 3.33. The molecule has 0 spiro atoms. The molecule has 11 N–H and O–H groups in total. The van der Waals surface area contributed by atoms with Crippen LogP contribution in [0.2, 0.25) is 0 Å². The molecule has 0 bridgehead atoms. The van der Waals surface area contributed by atoms with Gasteiger partial charge in [-0.25, -0.2) is 4.79 Å². The number of carbonyl (C=O) groups is 3. The Hall–Kier alpha value is -1.79. The summed E-state index contributed by atoms with van der Waals surface area (Å²) in [6.45, 7) is -1.12. The summed E-state index contributed by atoms with van der Waals surface area (Å²) in [6.07, 6.45) is -18.6. The topological polar surface area (TPSA) is 275 Å². The van der Waals surface area contributed by atoms with Gasteiger partial charge in [0.15, 0.2) is 0 Å². The van der Waals surface area contributed by atoms with Gasteiger partial charge in [-0.2, -0.15) is 0 Å². The molecule has 186 valence electrons. The van der Waals surface area contributed by atoms with Crippen molar-refractivity contribution in [3.63, 3.8) is 0 Å². The number of carboxylic acids is 1. The summed E-state index contributed by atoms with van der Waals surface area (Å²) in [7, 11) is 0. The first-order chi connectivity index (χ1) is 14.7. The summed E-state index contributed by atoms with van der Waals surface area (Å²) in [6, 6.07) is -1.56. The maximum Gasteiger partial charge on any atom is 0.344 e. The van der Waals surface area contributed by atoms with Crippen molar-refractivity contribution in [2.24, 2.45) is 0 Å². The SMILES string of the molecule is CC(=O)N[C@H]1[C@H]([C@H](O)[C@H](O)CO)OC(C(=O)O)(C(=O)[C@H](O)[C@@H](O)[C@@H](O)[C@H](O)CO)C[C@@H]1O. The predicted molar refractivity (Wildman–Crippen MR) is 98.7 cm³/mol. The fourth-order valence-corrected chi connectivity index (χ4v) is 3.33. The number of amides is 1. The van der Waals surface area contributed by atoms with E-state index in [0.717, 1.165) is 6.92 Å². The van der Waals surface area contributed by atoms with Crippen LogP contribution in [0.5, 0.6) is 0 Å². The monoisotopic (exact) mass is 471 g/mol. The molecule has 32 heavy (non-hydrogen) atoms. The highest BCUT2D eigenvalue weighted by molar-refractivity contribution is 6.09. The van der Waals surface area contributed by atoms with Crippen molar-refractivity contribution in [3.8, 4) is 0 Å². The molecule has 0 saturated carbocycles. The lowest BCUT2D eigenvalue weighted by Gasteiger charge is -2.47. The van der Waals surface area contributed by atoms with Gasteiger partial charge in [0.25, 0.3) is 0 Å². The first-order valence-electron chi connectivity index (χ1n) is 9.45. The highest BCUT2D eigenvalue weighted by Gasteiger charge is 2.60. The van der Waals surface area contributed by atoms with Gasteiger partial charge in [-0.05, 0) is 0 Å². The molecule has 1 amide bonds. The number of carbonyl (C=O) groups excluding carboxylic acids is 2. The van der Waals surface area contributed by atoms with Crippen molar-refractivity contribution in [3.05, 3.63) is 0 Å². The van der Waals surface area contributed by atoms with Crippen LogP contribution in [-0.2, 0) is 19.1 Å². The van der Waals surface area contributed by atoms with E-state index in [2.05, 4.69) is 5.32 Å². The fraction of sp³-hybridized carbons (Fsp3) is 0.824. The van der Waals surface area contributed by atoms with Crippen LogP contribution >= 0.6 is 0 Å². The second-order valence-corrected chi connectivity index (χ2v) is 7.49. The van der Waals surface area contributed by atoms with Crippen molar-refractivity contribution in [1.29, 1.82) is 0 Å². The van der Waals surface area contributed by atoms with E-state index in [4.69, 9.17) is 14.9 Å². The Bertz CT molecular complexity index is 676. The Morgan fingerprint density at radius 2 is 1.53 bits per heavy atom. The van der Waals surface area contributed by atoms with Crippen molar-refractivity contribution in [2.45, 2.75) is 73.8 Å². The average Bonchev–Trinajstić information content (AvgIpc) is 2.75. The van der Waals surface area contributed by atoms with Crippen molar-refractivity contribution in [1.82, 2.24) is 5.32 Å². The Morgan fingerprint density at radius 1 is 1.00 bits per heavy atom. The van der Waals surface area contributed by atoms with E-state index in [1.54, 1.807) is 0 Å². The predicted octanol–water partition coefficient (Wildman–Crippen LogP) is -6.82. The van der Waals surface area contributed by atoms with Gasteiger partial charge in [-0.3, -0.25) is 9.59 Å². The van der Waals surface area contributed by atoms with Gasteiger partial charge < -0.3 is 61.1 Å². The number of aliphatic carboxylic acids is 1. The van der Waals surface area contributed by atoms with E-state index in [9.17, 15) is 55.2 Å². The van der Waals surface area contributed by atoms with Crippen LogP contribution in [0.1, 0.15) is 13.3 Å². The summed E-state index contributed by atoms with van der Waals surface area (Å²) in [5, 5.41) is 99.4. The quantitative estimate of drug-likeness (QED) is 0.125. The van der Waals surface area contributed by atoms with E-state index in [1.165, 1.54) is 0 Å². The molecule has 0 radical (unpaired) electrons. The molecule has 1 aliphatic heterocycles. The zero-order valence-corrected chi connectivity index (χ0v) is 16.9. The Balaban J connectivity index is 3.39. The second-order valence-electron chi connectivity index (χ2n) is 7.49. The van der Waals surface area contributed by atoms with Crippen LogP contribution in [0, 0.1) is 0 Å². The number of ether oxygens (including phenoxy) is 1. The summed E-state index contributed by atoms with van der Waals surface area (Å²) in [4.78, 5) is 36.3. The Labute approximate surface area is 181 Å². The number of aliphatic hydroxyl groups excluding tert-OH is 9. The Morgan fingerprint density at radius 3 is 1.97 bits per heavy atom. The molecule has 1 unspecified atom stereocenters. The molecule has 1 saturated heterocycles. The van der Waals surface area contributed by atoms with Crippen LogP contribution in [0.25, 0.3) is 0 Å². The van der Waals surface area contributed by atoms with Gasteiger partial charge in [-0.1, -0.05) is 0 Å². The molecule has 15 nitrogen and oxygen atoms in total. The summed E-state index contributed by atoms with van der Waals surface area (Å²) in [5.74, 6) is -4.67. The third-order valence-electron chi connectivity index (χ3n) is 5.16. The van der Waals surface area contributed by atoms with Gasteiger partial charge in [0.2, 0.25) is 17.3 Å². The van der Waals surface area contributed by atoms with Crippen molar-refractivity contribution >= 4 is 17.7 Å². The van der Waals surface area contributed by atoms with Gasteiger partial charge >= 0.3 is 5.97 Å². The lowest BCUT2D eigenvalue weighted by Crippen LogP contribution is -2.71. The molecule has 10 atom stereocenters. The number of rotatable bonds is 11. The lowest BCUT2D eigenvalue weighted by molar-refractivity contribution is -0.231. The van der Waals surface area contributed by atoms with Crippen molar-refractivity contribution < 1.29 is 70.2 Å². The lowest BCUT2D eigenvalue weighted by atomic mass is 9.78. The molecule has 1 rings (SSSR count). The van der Waals surface area contributed by atoms with Gasteiger partial charge in [0, 0.05) is 13.3 Å². The Kier molecular flexibility index (Phi) is 10.0. The van der Waals surface area contributed by atoms with Crippen LogP contribution < -0.4 is 5.32 Å². The van der Waals surface area contributed by atoms with E-state index in [-0.39, 0.29) is 0 Å². The van der Waals surface area contributed by atoms with E-state index in [1.807, 2.05) is 0 Å². The standard InChI is InChI=1S/C17H29NO14/c1-5(21)18-9-6(22)2-17(16(30)31,32-14(9)11(26)8(24)4-20)15(29)13(28)12(27)10(25)7(23)3-19/h6-14,19-20,22-28H,2-4H2,1H3,(H,18,21)(H,30,31)/t6-,7+,8+,9+,10-,11+,12-,13+,14+,17?/m0/s1. The normalized spacial score (nSPS) is 31.6. The minimum absolute atomic E-state index is 0.765. The summed E-state index contributed by atoms with van der Waals surface area (Å²) in [5.41, 5.74) is -3.15. The molecule has 1 heterocycles. The number of hydrogen-bond acceptors (Lipinski definition) is 13. The van der Waals surface area contributed by atoms with Crippen LogP contribution in [0.4, 0.5) is 0 Å². The van der Waals surface area contributed by atoms with Crippen molar-refractivity contribution in [2.75, 3.05) is 13.2 Å². The molecular formula is C17H29NO14. The zero-order valence-electron chi connectivity index (χ0n) is 16.9. The van der Waals surface area contributed by atoms with Gasteiger partial charge in [-0.15, -0.1) is 0 Å². The number of carboxylic acid groups (broad SMARTS) is 1. The first-order valence-corrected chi connectivity index (χ1v) is 9.45. The van der Waals surface area contributed by atoms with Crippen LogP contribution in [0.15, 0.2) is 0 Å². The molecule has 0 aromatic rings. The maximum absolute atomic E-state index is 12.8. The molecule has 15 heteroatoms. The highest BCUT2D eigenvalue weighted by Crippen LogP contribution is 2.34. The second kappa shape index (κ2) is 11.4. The largest absolute Gasteiger partial charge is 0.479 e. The highest BCUT2D eigenvalue weighted by atomic mass is 16.6. The third-order valence-corrected chi connectivity index (χ3v) is 5.16. The molecule has 1 fully saturated rings. The molecule has 0 aliphatic carbocycles. The molecule has 1 aliphatic rings. The minimum Gasteiger partial charge on any atom is -0.479 e. The summed E-state index contributed by atoms with van der Waals surface area (Å²) < 4.78 is 5.19. The number of ketones is 1. The molecule has 0 aromatic heterocycles. The van der Waals surface area contributed by atoms with Crippen LogP contribution in [0.3, 0.4) is 0 Å². The third kappa shape index (κ3) is 5.76. The maximum atomic E-state index is 12.8. The number of nitrogens with one attached hydrogen (secondary N) is 1. The number of aliphatic hydroxyl groups is 9. The van der Waals surface area contributed by atoms with E-state index >= 15 is 0 Å². The molecule has 0 aromatic carbocycles. The zero-order chi connectivity index (χ0) is 25.0.